The van der Waals surface area contributed by atoms with E-state index in [9.17, 15) is 4.79 Å². The Labute approximate surface area is 162 Å². The predicted octanol–water partition coefficient (Wildman–Crippen LogP) is 1.35. The fraction of sp³-hybridized carbons (Fsp3) is 0.526. The minimum Gasteiger partial charge on any atom is -0.454 e. The number of piperazine rings is 1. The fourth-order valence-electron chi connectivity index (χ4n) is 4.07. The third kappa shape index (κ3) is 3.00. The van der Waals surface area contributed by atoms with Crippen molar-refractivity contribution in [1.82, 2.24) is 25.3 Å². The maximum Gasteiger partial charge on any atom is 0.254 e. The molecule has 1 amide bonds. The minimum absolute atomic E-state index is 0.0583. The zero-order valence-electron chi connectivity index (χ0n) is 15.8. The van der Waals surface area contributed by atoms with Crippen molar-refractivity contribution in [1.29, 1.82) is 0 Å². The van der Waals surface area contributed by atoms with Crippen LogP contribution in [0.2, 0.25) is 0 Å². The number of hydrogen-bond donors (Lipinski definition) is 1. The van der Waals surface area contributed by atoms with E-state index in [2.05, 4.69) is 27.4 Å². The first-order valence-electron chi connectivity index (χ1n) is 9.66. The molecule has 3 aliphatic rings. The molecule has 1 N–H and O–H groups in total. The van der Waals surface area contributed by atoms with Gasteiger partial charge in [-0.2, -0.15) is 4.98 Å². The highest BCUT2D eigenvalue weighted by molar-refractivity contribution is 5.95. The molecule has 9 heteroatoms. The maximum atomic E-state index is 13.1. The number of ether oxygens (including phenoxy) is 2. The molecule has 0 spiro atoms. The zero-order chi connectivity index (χ0) is 19.1. The molecule has 0 radical (unpaired) electrons. The molecule has 2 aromatic rings. The summed E-state index contributed by atoms with van der Waals surface area (Å²) >= 11 is 0. The highest BCUT2D eigenvalue weighted by Crippen LogP contribution is 2.36. The summed E-state index contributed by atoms with van der Waals surface area (Å²) in [6, 6.07) is 5.18. The van der Waals surface area contributed by atoms with Gasteiger partial charge in [0.15, 0.2) is 17.3 Å². The van der Waals surface area contributed by atoms with Crippen molar-refractivity contribution >= 4 is 5.91 Å². The van der Waals surface area contributed by atoms with E-state index in [4.69, 9.17) is 14.0 Å². The lowest BCUT2D eigenvalue weighted by molar-refractivity contribution is 0.0709. The lowest BCUT2D eigenvalue weighted by atomic mass is 10.1. The third-order valence-corrected chi connectivity index (χ3v) is 5.68. The summed E-state index contributed by atoms with van der Waals surface area (Å²) in [6.45, 7) is 3.54. The third-order valence-electron chi connectivity index (χ3n) is 5.68. The Morgan fingerprint density at radius 1 is 1.21 bits per heavy atom. The van der Waals surface area contributed by atoms with Crippen LogP contribution in [0.15, 0.2) is 22.7 Å². The topological polar surface area (TPSA) is 93.0 Å². The summed E-state index contributed by atoms with van der Waals surface area (Å²) in [6.07, 6.45) is 1.72. The Balaban J connectivity index is 1.36. The van der Waals surface area contributed by atoms with Gasteiger partial charge in [0.25, 0.3) is 5.91 Å². The Bertz CT molecular complexity index is 885. The van der Waals surface area contributed by atoms with Crippen molar-refractivity contribution in [2.24, 2.45) is 0 Å². The predicted molar refractivity (Wildman–Crippen MR) is 98.1 cm³/mol. The van der Waals surface area contributed by atoms with Gasteiger partial charge in [0.05, 0.1) is 6.04 Å². The number of nitrogens with zero attached hydrogens (tertiary/aromatic N) is 4. The second-order valence-corrected chi connectivity index (χ2v) is 7.42. The number of likely N-dealkylation sites (tertiary alicyclic amines) is 1. The zero-order valence-corrected chi connectivity index (χ0v) is 15.8. The molecule has 1 aromatic carbocycles. The molecule has 4 heterocycles. The summed E-state index contributed by atoms with van der Waals surface area (Å²) < 4.78 is 16.3. The number of nitrogens with one attached hydrogen (secondary N) is 1. The second-order valence-electron chi connectivity index (χ2n) is 7.42. The summed E-state index contributed by atoms with van der Waals surface area (Å²) in [5, 5.41) is 7.57. The first kappa shape index (κ1) is 17.4. The largest absolute Gasteiger partial charge is 0.454 e. The number of aromatic nitrogens is 2. The quantitative estimate of drug-likeness (QED) is 0.846. The average molecular weight is 385 g/mol. The van der Waals surface area contributed by atoms with Gasteiger partial charge < -0.3 is 24.2 Å². The van der Waals surface area contributed by atoms with E-state index in [-0.39, 0.29) is 24.8 Å². The van der Waals surface area contributed by atoms with Gasteiger partial charge in [-0.05, 0) is 38.1 Å². The average Bonchev–Trinajstić information content (AvgIpc) is 3.46. The molecule has 3 aliphatic heterocycles. The van der Waals surface area contributed by atoms with E-state index < -0.39 is 0 Å². The second kappa shape index (κ2) is 7.06. The number of amides is 1. The summed E-state index contributed by atoms with van der Waals surface area (Å²) in [5.74, 6) is 2.40. The number of hydrogen-bond acceptors (Lipinski definition) is 8. The molecule has 0 bridgehead atoms. The van der Waals surface area contributed by atoms with Crippen LogP contribution in [0, 0.1) is 0 Å². The lowest BCUT2D eigenvalue weighted by Crippen LogP contribution is -2.44. The number of fused-ring (bicyclic) bond motifs is 1. The molecular formula is C19H23N5O4. The SMILES string of the molecule is CN1CCNCC1c1noc(C2CCCN2C(=O)c2ccc3c(c2)OCO3)n1. The van der Waals surface area contributed by atoms with Crippen LogP contribution in [0.1, 0.15) is 47.0 Å². The van der Waals surface area contributed by atoms with Crippen LogP contribution >= 0.6 is 0 Å². The molecule has 1 aromatic heterocycles. The van der Waals surface area contributed by atoms with Crippen molar-refractivity contribution < 1.29 is 18.8 Å². The normalized spacial score (nSPS) is 24.7. The van der Waals surface area contributed by atoms with E-state index >= 15 is 0 Å². The van der Waals surface area contributed by atoms with Crippen molar-refractivity contribution in [3.63, 3.8) is 0 Å². The van der Waals surface area contributed by atoms with E-state index in [1.165, 1.54) is 0 Å². The first-order valence-corrected chi connectivity index (χ1v) is 9.66. The number of likely N-dealkylation sites (N-methyl/N-ethyl adjacent to an activating group) is 1. The van der Waals surface area contributed by atoms with Crippen LogP contribution in [0.25, 0.3) is 0 Å². The summed E-state index contributed by atoms with van der Waals surface area (Å²) in [5.41, 5.74) is 0.576. The van der Waals surface area contributed by atoms with Gasteiger partial charge in [-0.3, -0.25) is 9.69 Å². The minimum atomic E-state index is -0.193. The van der Waals surface area contributed by atoms with Crippen molar-refractivity contribution in [2.45, 2.75) is 24.9 Å². The Kier molecular flexibility index (Phi) is 4.40. The van der Waals surface area contributed by atoms with Gasteiger partial charge in [0, 0.05) is 31.7 Å². The summed E-state index contributed by atoms with van der Waals surface area (Å²) in [7, 11) is 2.06. The Morgan fingerprint density at radius 2 is 2.11 bits per heavy atom. The number of benzene rings is 1. The molecule has 2 atom stereocenters. The molecule has 0 aliphatic carbocycles. The van der Waals surface area contributed by atoms with E-state index in [0.29, 0.717) is 35.3 Å². The van der Waals surface area contributed by atoms with Crippen molar-refractivity contribution in [3.05, 3.63) is 35.5 Å². The molecule has 2 fully saturated rings. The van der Waals surface area contributed by atoms with Crippen LogP contribution in [0.4, 0.5) is 0 Å². The van der Waals surface area contributed by atoms with Crippen LogP contribution in [-0.2, 0) is 0 Å². The van der Waals surface area contributed by atoms with Crippen LogP contribution in [0.5, 0.6) is 11.5 Å². The Morgan fingerprint density at radius 3 is 3.00 bits per heavy atom. The van der Waals surface area contributed by atoms with Crippen LogP contribution < -0.4 is 14.8 Å². The highest BCUT2D eigenvalue weighted by Gasteiger charge is 2.36. The van der Waals surface area contributed by atoms with Crippen LogP contribution in [0.3, 0.4) is 0 Å². The molecule has 9 nitrogen and oxygen atoms in total. The van der Waals surface area contributed by atoms with E-state index in [1.54, 1.807) is 18.2 Å². The monoisotopic (exact) mass is 385 g/mol. The van der Waals surface area contributed by atoms with E-state index in [0.717, 1.165) is 32.5 Å². The van der Waals surface area contributed by atoms with Crippen molar-refractivity contribution in [3.8, 4) is 11.5 Å². The number of carbonyl (C=O) groups is 1. The molecular weight excluding hydrogens is 362 g/mol. The Hall–Kier alpha value is -2.65. The van der Waals surface area contributed by atoms with Gasteiger partial charge in [0.2, 0.25) is 12.7 Å². The van der Waals surface area contributed by atoms with Gasteiger partial charge in [-0.15, -0.1) is 0 Å². The van der Waals surface area contributed by atoms with E-state index in [1.807, 2.05) is 4.90 Å². The smallest absolute Gasteiger partial charge is 0.254 e. The van der Waals surface area contributed by atoms with Crippen molar-refractivity contribution in [2.75, 3.05) is 40.0 Å². The van der Waals surface area contributed by atoms with Gasteiger partial charge >= 0.3 is 0 Å². The fourth-order valence-corrected chi connectivity index (χ4v) is 4.07. The molecule has 2 saturated heterocycles. The first-order chi connectivity index (χ1) is 13.7. The van der Waals surface area contributed by atoms with Crippen LogP contribution in [-0.4, -0.2) is 65.9 Å². The molecule has 5 rings (SSSR count). The number of carbonyl (C=O) groups excluding carboxylic acids is 1. The molecule has 2 unspecified atom stereocenters. The maximum absolute atomic E-state index is 13.1. The lowest BCUT2D eigenvalue weighted by Gasteiger charge is -2.30. The standard InChI is InChI=1S/C19H23N5O4/c1-23-8-6-20-10-14(23)17-21-18(28-22-17)13-3-2-7-24(13)19(25)12-4-5-15-16(9-12)27-11-26-15/h4-5,9,13-14,20H,2-3,6-8,10-11H2,1H3. The van der Waals surface area contributed by atoms with Gasteiger partial charge in [-0.1, -0.05) is 5.16 Å². The molecule has 28 heavy (non-hydrogen) atoms. The van der Waals surface area contributed by atoms with Gasteiger partial charge in [-0.25, -0.2) is 0 Å². The molecule has 148 valence electrons. The van der Waals surface area contributed by atoms with Gasteiger partial charge in [0.1, 0.15) is 6.04 Å². The highest BCUT2D eigenvalue weighted by atomic mass is 16.7. The summed E-state index contributed by atoms with van der Waals surface area (Å²) in [4.78, 5) is 21.8. The molecule has 0 saturated carbocycles. The number of rotatable bonds is 3.